The summed E-state index contributed by atoms with van der Waals surface area (Å²) < 4.78 is 10.6. The molecule has 3 aromatic carbocycles. The zero-order chi connectivity index (χ0) is 23.2. The van der Waals surface area contributed by atoms with E-state index in [0.717, 1.165) is 16.5 Å². The largest absolute Gasteiger partial charge is 0.497 e. The lowest BCUT2D eigenvalue weighted by atomic mass is 9.95. The number of ether oxygens (including phenoxy) is 2. The van der Waals surface area contributed by atoms with Crippen LogP contribution in [0.5, 0.6) is 11.5 Å². The number of fused-ring (bicyclic) bond motifs is 1. The van der Waals surface area contributed by atoms with Crippen molar-refractivity contribution >= 4 is 34.0 Å². The predicted molar refractivity (Wildman–Crippen MR) is 130 cm³/mol. The van der Waals surface area contributed by atoms with Gasteiger partial charge < -0.3 is 20.1 Å². The van der Waals surface area contributed by atoms with Gasteiger partial charge in [0.05, 0.1) is 26.5 Å². The summed E-state index contributed by atoms with van der Waals surface area (Å²) in [4.78, 5) is 27.6. The fourth-order valence-corrected chi connectivity index (χ4v) is 4.23. The van der Waals surface area contributed by atoms with Crippen molar-refractivity contribution in [3.63, 3.8) is 0 Å². The third-order valence-electron chi connectivity index (χ3n) is 6.05. The second kappa shape index (κ2) is 10.4. The fraction of sp³-hybridized carbons (Fsp3) is 0.308. The summed E-state index contributed by atoms with van der Waals surface area (Å²) in [5.41, 5.74) is 1.42. The maximum atomic E-state index is 12.8. The van der Waals surface area contributed by atoms with Gasteiger partial charge in [-0.25, -0.2) is 0 Å². The van der Waals surface area contributed by atoms with Crippen LogP contribution in [0, 0.1) is 5.92 Å². The van der Waals surface area contributed by atoms with Crippen molar-refractivity contribution in [3.05, 3.63) is 60.7 Å². The van der Waals surface area contributed by atoms with Crippen molar-refractivity contribution in [1.82, 2.24) is 4.90 Å². The maximum Gasteiger partial charge on any atom is 0.238 e. The Morgan fingerprint density at radius 1 is 0.909 bits per heavy atom. The van der Waals surface area contributed by atoms with Gasteiger partial charge in [0.1, 0.15) is 11.5 Å². The number of methoxy groups -OCH3 is 2. The molecule has 1 saturated heterocycles. The highest BCUT2D eigenvalue weighted by Gasteiger charge is 2.26. The molecule has 1 aliphatic rings. The van der Waals surface area contributed by atoms with E-state index in [2.05, 4.69) is 15.5 Å². The van der Waals surface area contributed by atoms with Crippen LogP contribution >= 0.6 is 0 Å². The number of carbonyl (C=O) groups excluding carboxylic acids is 2. The van der Waals surface area contributed by atoms with E-state index in [4.69, 9.17) is 9.47 Å². The first-order valence-electron chi connectivity index (χ1n) is 11.1. The summed E-state index contributed by atoms with van der Waals surface area (Å²) in [6.07, 6.45) is 1.39. The summed E-state index contributed by atoms with van der Waals surface area (Å²) in [6.45, 7) is 1.69. The first-order chi connectivity index (χ1) is 16.1. The van der Waals surface area contributed by atoms with Crippen molar-refractivity contribution in [3.8, 4) is 11.5 Å². The van der Waals surface area contributed by atoms with Crippen LogP contribution in [0.1, 0.15) is 12.8 Å². The van der Waals surface area contributed by atoms with E-state index in [-0.39, 0.29) is 17.7 Å². The third-order valence-corrected chi connectivity index (χ3v) is 6.05. The molecule has 0 atom stereocenters. The van der Waals surface area contributed by atoms with Crippen molar-refractivity contribution in [2.24, 2.45) is 5.92 Å². The van der Waals surface area contributed by atoms with E-state index >= 15 is 0 Å². The van der Waals surface area contributed by atoms with E-state index < -0.39 is 0 Å². The molecule has 4 rings (SSSR count). The lowest BCUT2D eigenvalue weighted by Gasteiger charge is -2.30. The number of anilines is 2. The third kappa shape index (κ3) is 5.43. The van der Waals surface area contributed by atoms with Gasteiger partial charge in [0.25, 0.3) is 0 Å². The Hall–Kier alpha value is -3.58. The van der Waals surface area contributed by atoms with Crippen LogP contribution < -0.4 is 20.1 Å². The highest BCUT2D eigenvalue weighted by molar-refractivity contribution is 6.02. The molecule has 7 heteroatoms. The highest BCUT2D eigenvalue weighted by atomic mass is 16.5. The number of carbonyl (C=O) groups is 2. The van der Waals surface area contributed by atoms with E-state index in [1.807, 2.05) is 42.5 Å². The van der Waals surface area contributed by atoms with Gasteiger partial charge >= 0.3 is 0 Å². The number of benzene rings is 3. The minimum Gasteiger partial charge on any atom is -0.497 e. The van der Waals surface area contributed by atoms with Gasteiger partial charge in [0.15, 0.2) is 0 Å². The quantitative estimate of drug-likeness (QED) is 0.569. The number of nitrogens with zero attached hydrogens (tertiary/aromatic N) is 1. The zero-order valence-corrected chi connectivity index (χ0v) is 19.0. The molecule has 0 aromatic heterocycles. The molecule has 2 amide bonds. The van der Waals surface area contributed by atoms with Gasteiger partial charge in [-0.3, -0.25) is 14.5 Å². The smallest absolute Gasteiger partial charge is 0.238 e. The topological polar surface area (TPSA) is 79.9 Å². The summed E-state index contributed by atoms with van der Waals surface area (Å²) in [6, 6.07) is 19.2. The second-order valence-corrected chi connectivity index (χ2v) is 8.18. The normalized spacial score (nSPS) is 14.6. The van der Waals surface area contributed by atoms with Gasteiger partial charge in [0, 0.05) is 23.1 Å². The molecule has 172 valence electrons. The van der Waals surface area contributed by atoms with E-state index in [0.29, 0.717) is 49.7 Å². The first-order valence-corrected chi connectivity index (χ1v) is 11.1. The molecular formula is C26H29N3O4. The van der Waals surface area contributed by atoms with Crippen molar-refractivity contribution < 1.29 is 19.1 Å². The number of piperidine rings is 1. The molecular weight excluding hydrogens is 418 g/mol. The summed E-state index contributed by atoms with van der Waals surface area (Å²) in [7, 11) is 3.15. The Kier molecular flexibility index (Phi) is 7.10. The molecule has 1 heterocycles. The lowest BCUT2D eigenvalue weighted by Crippen LogP contribution is -2.41. The number of hydrogen-bond donors (Lipinski definition) is 2. The first kappa shape index (κ1) is 22.6. The van der Waals surface area contributed by atoms with Crippen LogP contribution in [0.4, 0.5) is 11.4 Å². The second-order valence-electron chi connectivity index (χ2n) is 8.18. The molecule has 3 aromatic rings. The summed E-state index contributed by atoms with van der Waals surface area (Å²) in [5, 5.41) is 8.12. The highest BCUT2D eigenvalue weighted by Crippen LogP contribution is 2.30. The minimum atomic E-state index is -0.113. The maximum absolute atomic E-state index is 12.8. The number of nitrogens with one attached hydrogen (secondary N) is 2. The van der Waals surface area contributed by atoms with Crippen LogP contribution in [0.2, 0.25) is 0 Å². The minimum absolute atomic E-state index is 0.0404. The molecule has 0 radical (unpaired) electrons. The van der Waals surface area contributed by atoms with E-state index in [1.54, 1.807) is 32.4 Å². The number of likely N-dealkylation sites (tertiary alicyclic amines) is 1. The van der Waals surface area contributed by atoms with Gasteiger partial charge in [-0.05, 0) is 49.5 Å². The number of rotatable bonds is 7. The summed E-state index contributed by atoms with van der Waals surface area (Å²) >= 11 is 0. The van der Waals surface area contributed by atoms with Crippen molar-refractivity contribution in [2.75, 3.05) is 44.5 Å². The standard InChI is InChI=1S/C26H29N3O4/c1-32-20-10-11-24(33-2)23(16-20)28-26(31)19-12-14-29(15-13-19)17-25(30)27-22-9-5-7-18-6-3-4-8-21(18)22/h3-11,16,19H,12-15,17H2,1-2H3,(H,27,30)(H,28,31). The molecule has 0 bridgehead atoms. The van der Waals surface area contributed by atoms with Crippen LogP contribution in [0.3, 0.4) is 0 Å². The molecule has 2 N–H and O–H groups in total. The Bertz CT molecular complexity index is 1130. The predicted octanol–water partition coefficient (Wildman–Crippen LogP) is 4.15. The Balaban J connectivity index is 1.30. The van der Waals surface area contributed by atoms with Crippen LogP contribution in [0.15, 0.2) is 60.7 Å². The molecule has 1 aliphatic heterocycles. The molecule has 0 saturated carbocycles. The van der Waals surface area contributed by atoms with E-state index in [9.17, 15) is 9.59 Å². The molecule has 0 unspecified atom stereocenters. The average Bonchev–Trinajstić information content (AvgIpc) is 2.84. The van der Waals surface area contributed by atoms with Crippen LogP contribution in [-0.2, 0) is 9.59 Å². The fourth-order valence-electron chi connectivity index (χ4n) is 4.23. The Labute approximate surface area is 193 Å². The van der Waals surface area contributed by atoms with E-state index in [1.165, 1.54) is 0 Å². The molecule has 0 aliphatic carbocycles. The monoisotopic (exact) mass is 447 g/mol. The molecule has 1 fully saturated rings. The number of hydrogen-bond acceptors (Lipinski definition) is 5. The van der Waals surface area contributed by atoms with Crippen molar-refractivity contribution in [1.29, 1.82) is 0 Å². The Morgan fingerprint density at radius 3 is 2.42 bits per heavy atom. The number of amides is 2. The van der Waals surface area contributed by atoms with Crippen LogP contribution in [-0.4, -0.2) is 50.6 Å². The lowest BCUT2D eigenvalue weighted by molar-refractivity contribution is -0.121. The van der Waals surface area contributed by atoms with Crippen molar-refractivity contribution in [2.45, 2.75) is 12.8 Å². The van der Waals surface area contributed by atoms with Gasteiger partial charge in [-0.1, -0.05) is 36.4 Å². The summed E-state index contributed by atoms with van der Waals surface area (Å²) in [5.74, 6) is 1.04. The van der Waals surface area contributed by atoms with Gasteiger partial charge in [-0.15, -0.1) is 0 Å². The molecule has 0 spiro atoms. The van der Waals surface area contributed by atoms with Gasteiger partial charge in [-0.2, -0.15) is 0 Å². The molecule has 7 nitrogen and oxygen atoms in total. The van der Waals surface area contributed by atoms with Gasteiger partial charge in [0.2, 0.25) is 11.8 Å². The average molecular weight is 448 g/mol. The van der Waals surface area contributed by atoms with Crippen LogP contribution in [0.25, 0.3) is 10.8 Å². The Morgan fingerprint density at radius 2 is 1.67 bits per heavy atom. The SMILES string of the molecule is COc1ccc(OC)c(NC(=O)C2CCN(CC(=O)Nc3cccc4ccccc34)CC2)c1. The molecule has 33 heavy (non-hydrogen) atoms. The zero-order valence-electron chi connectivity index (χ0n) is 19.0.